The van der Waals surface area contributed by atoms with Crippen molar-refractivity contribution in [2.45, 2.75) is 32.4 Å². The lowest BCUT2D eigenvalue weighted by atomic mass is 9.98. The number of aromatic nitrogens is 3. The Morgan fingerprint density at radius 1 is 1.60 bits per heavy atom. The topological polar surface area (TPSA) is 70.8 Å². The van der Waals surface area contributed by atoms with E-state index in [0.29, 0.717) is 6.54 Å². The molecule has 2 unspecified atom stereocenters. The van der Waals surface area contributed by atoms with E-state index in [9.17, 15) is 0 Å². The zero-order valence-electron chi connectivity index (χ0n) is 11.7. The van der Waals surface area contributed by atoms with E-state index in [0.717, 1.165) is 35.4 Å². The second-order valence-electron chi connectivity index (χ2n) is 5.53. The van der Waals surface area contributed by atoms with Crippen molar-refractivity contribution in [2.75, 3.05) is 13.1 Å². The minimum atomic E-state index is 0.186. The maximum Gasteiger partial charge on any atom is 0.116 e. The summed E-state index contributed by atoms with van der Waals surface area (Å²) in [7, 11) is 0. The Labute approximate surface area is 123 Å². The third-order valence-electron chi connectivity index (χ3n) is 3.88. The zero-order valence-corrected chi connectivity index (χ0v) is 12.6. The molecule has 1 aliphatic rings. The van der Waals surface area contributed by atoms with Gasteiger partial charge in [0.1, 0.15) is 11.0 Å². The van der Waals surface area contributed by atoms with Crippen molar-refractivity contribution in [1.29, 1.82) is 0 Å². The van der Waals surface area contributed by atoms with Crippen LogP contribution in [-0.4, -0.2) is 32.9 Å². The lowest BCUT2D eigenvalue weighted by Gasteiger charge is -2.35. The summed E-state index contributed by atoms with van der Waals surface area (Å²) in [5.41, 5.74) is 7.79. The van der Waals surface area contributed by atoms with Crippen molar-refractivity contribution in [3.05, 3.63) is 34.3 Å². The average Bonchev–Trinajstić information content (AvgIpc) is 3.11. The lowest BCUT2D eigenvalue weighted by molar-refractivity contribution is 0.147. The molecule has 1 saturated heterocycles. The fraction of sp³-hybridized carbons (Fsp3) is 0.571. The van der Waals surface area contributed by atoms with Gasteiger partial charge < -0.3 is 10.7 Å². The number of nitrogens with two attached hydrogens (primary N) is 1. The van der Waals surface area contributed by atoms with E-state index in [-0.39, 0.29) is 6.04 Å². The Morgan fingerprint density at radius 3 is 3.15 bits per heavy atom. The SMILES string of the molecule is CC1CCCN(C(c2cnc[nH]2)c2nc(CN)cs2)C1. The molecule has 0 aromatic carbocycles. The highest BCUT2D eigenvalue weighted by molar-refractivity contribution is 7.09. The summed E-state index contributed by atoms with van der Waals surface area (Å²) in [4.78, 5) is 14.6. The predicted molar refractivity (Wildman–Crippen MR) is 80.4 cm³/mol. The largest absolute Gasteiger partial charge is 0.347 e. The van der Waals surface area contributed by atoms with Crippen molar-refractivity contribution in [3.63, 3.8) is 0 Å². The number of aromatic amines is 1. The van der Waals surface area contributed by atoms with Gasteiger partial charge in [0.2, 0.25) is 0 Å². The van der Waals surface area contributed by atoms with E-state index in [1.54, 1.807) is 17.7 Å². The molecular formula is C14H21N5S. The first-order valence-electron chi connectivity index (χ1n) is 7.14. The van der Waals surface area contributed by atoms with E-state index in [2.05, 4.69) is 32.2 Å². The fourth-order valence-electron chi connectivity index (χ4n) is 2.90. The molecule has 20 heavy (non-hydrogen) atoms. The highest BCUT2D eigenvalue weighted by atomic mass is 32.1. The molecule has 108 valence electrons. The maximum absolute atomic E-state index is 5.69. The van der Waals surface area contributed by atoms with Gasteiger partial charge in [-0.05, 0) is 25.3 Å². The first kappa shape index (κ1) is 13.7. The van der Waals surface area contributed by atoms with Crippen LogP contribution in [0.25, 0.3) is 0 Å². The van der Waals surface area contributed by atoms with Crippen LogP contribution < -0.4 is 5.73 Å². The molecule has 2 atom stereocenters. The summed E-state index contributed by atoms with van der Waals surface area (Å²) in [5, 5.41) is 3.18. The van der Waals surface area contributed by atoms with Gasteiger partial charge >= 0.3 is 0 Å². The first-order valence-corrected chi connectivity index (χ1v) is 8.02. The van der Waals surface area contributed by atoms with Crippen molar-refractivity contribution in [2.24, 2.45) is 11.7 Å². The van der Waals surface area contributed by atoms with Crippen LogP contribution in [0.15, 0.2) is 17.9 Å². The van der Waals surface area contributed by atoms with Gasteiger partial charge in [-0.3, -0.25) is 4.90 Å². The van der Waals surface area contributed by atoms with Gasteiger partial charge in [-0.2, -0.15) is 0 Å². The van der Waals surface area contributed by atoms with Gasteiger partial charge in [0.05, 0.1) is 17.7 Å². The Kier molecular flexibility index (Phi) is 4.14. The van der Waals surface area contributed by atoms with Crippen LogP contribution in [0.4, 0.5) is 0 Å². The van der Waals surface area contributed by atoms with Gasteiger partial charge in [0.15, 0.2) is 0 Å². The molecular weight excluding hydrogens is 270 g/mol. The monoisotopic (exact) mass is 291 g/mol. The minimum Gasteiger partial charge on any atom is -0.347 e. The molecule has 0 bridgehead atoms. The van der Waals surface area contributed by atoms with Gasteiger partial charge in [0.25, 0.3) is 0 Å². The third kappa shape index (κ3) is 2.77. The van der Waals surface area contributed by atoms with Gasteiger partial charge in [0, 0.05) is 24.7 Å². The molecule has 1 aliphatic heterocycles. The standard InChI is InChI=1S/C14H21N5S/c1-10-3-2-4-19(7-10)13(12-6-16-9-17-12)14-18-11(5-15)8-20-14/h6,8-10,13H,2-5,7,15H2,1H3,(H,16,17). The number of rotatable bonds is 4. The van der Waals surface area contributed by atoms with Crippen molar-refractivity contribution >= 4 is 11.3 Å². The molecule has 2 aromatic rings. The smallest absolute Gasteiger partial charge is 0.116 e. The van der Waals surface area contributed by atoms with Gasteiger partial charge in [-0.1, -0.05) is 6.92 Å². The summed E-state index contributed by atoms with van der Waals surface area (Å²) >= 11 is 1.69. The summed E-state index contributed by atoms with van der Waals surface area (Å²) in [5.74, 6) is 0.739. The number of likely N-dealkylation sites (tertiary alicyclic amines) is 1. The van der Waals surface area contributed by atoms with Crippen LogP contribution in [0.5, 0.6) is 0 Å². The molecule has 0 saturated carbocycles. The van der Waals surface area contributed by atoms with Crippen LogP contribution in [0, 0.1) is 5.92 Å². The van der Waals surface area contributed by atoms with E-state index >= 15 is 0 Å². The summed E-state index contributed by atoms with van der Waals surface area (Å²) in [6.07, 6.45) is 6.22. The number of hydrogen-bond acceptors (Lipinski definition) is 5. The van der Waals surface area contributed by atoms with E-state index in [1.807, 2.05) is 6.20 Å². The lowest BCUT2D eigenvalue weighted by Crippen LogP contribution is -2.38. The molecule has 6 heteroatoms. The van der Waals surface area contributed by atoms with E-state index in [1.165, 1.54) is 12.8 Å². The number of nitrogens with one attached hydrogen (secondary N) is 1. The van der Waals surface area contributed by atoms with Crippen LogP contribution in [-0.2, 0) is 6.54 Å². The number of nitrogens with zero attached hydrogens (tertiary/aromatic N) is 3. The van der Waals surface area contributed by atoms with Gasteiger partial charge in [-0.15, -0.1) is 11.3 Å². The Morgan fingerprint density at radius 2 is 2.50 bits per heavy atom. The number of piperidine rings is 1. The number of H-pyrrole nitrogens is 1. The molecule has 3 rings (SSSR count). The molecule has 2 aromatic heterocycles. The Bertz CT molecular complexity index is 536. The second-order valence-corrected chi connectivity index (χ2v) is 6.42. The van der Waals surface area contributed by atoms with E-state index < -0.39 is 0 Å². The molecule has 5 nitrogen and oxygen atoms in total. The predicted octanol–water partition coefficient (Wildman–Crippen LogP) is 2.15. The average molecular weight is 291 g/mol. The molecule has 3 heterocycles. The van der Waals surface area contributed by atoms with Crippen LogP contribution >= 0.6 is 11.3 Å². The molecule has 0 radical (unpaired) electrons. The molecule has 1 fully saturated rings. The van der Waals surface area contributed by atoms with Crippen LogP contribution in [0.2, 0.25) is 0 Å². The second kappa shape index (κ2) is 6.03. The molecule has 0 aliphatic carbocycles. The van der Waals surface area contributed by atoms with E-state index in [4.69, 9.17) is 5.73 Å². The zero-order chi connectivity index (χ0) is 13.9. The number of hydrogen-bond donors (Lipinski definition) is 2. The third-order valence-corrected chi connectivity index (χ3v) is 4.83. The fourth-order valence-corrected chi connectivity index (χ4v) is 3.88. The quantitative estimate of drug-likeness (QED) is 0.905. The number of imidazole rings is 1. The van der Waals surface area contributed by atoms with Crippen molar-refractivity contribution in [1.82, 2.24) is 19.9 Å². The summed E-state index contributed by atoms with van der Waals surface area (Å²) in [6, 6.07) is 0.186. The van der Waals surface area contributed by atoms with Crippen molar-refractivity contribution < 1.29 is 0 Å². The van der Waals surface area contributed by atoms with Crippen molar-refractivity contribution in [3.8, 4) is 0 Å². The van der Waals surface area contributed by atoms with Crippen LogP contribution in [0.1, 0.15) is 42.2 Å². The first-order chi connectivity index (χ1) is 9.78. The maximum atomic E-state index is 5.69. The highest BCUT2D eigenvalue weighted by Crippen LogP contribution is 2.32. The Balaban J connectivity index is 1.91. The Hall–Kier alpha value is -1.24. The molecule has 0 spiro atoms. The van der Waals surface area contributed by atoms with Gasteiger partial charge in [-0.25, -0.2) is 9.97 Å². The molecule has 3 N–H and O–H groups in total. The molecule has 0 amide bonds. The summed E-state index contributed by atoms with van der Waals surface area (Å²) in [6.45, 7) is 5.05. The normalized spacial score (nSPS) is 22.0. The van der Waals surface area contributed by atoms with Crippen LogP contribution in [0.3, 0.4) is 0 Å². The highest BCUT2D eigenvalue weighted by Gasteiger charge is 2.29. The summed E-state index contributed by atoms with van der Waals surface area (Å²) < 4.78 is 0. The minimum absolute atomic E-state index is 0.186. The number of thiazole rings is 1.